The molecule has 0 aromatic heterocycles. The van der Waals surface area contributed by atoms with E-state index in [-0.39, 0.29) is 17.9 Å². The lowest BCUT2D eigenvalue weighted by Gasteiger charge is -2.21. The summed E-state index contributed by atoms with van der Waals surface area (Å²) in [5.74, 6) is 0.306. The molecule has 3 nitrogen and oxygen atoms in total. The van der Waals surface area contributed by atoms with Crippen molar-refractivity contribution in [3.05, 3.63) is 0 Å². The second-order valence-electron chi connectivity index (χ2n) is 6.33. The lowest BCUT2D eigenvalue weighted by atomic mass is 9.91. The van der Waals surface area contributed by atoms with Crippen molar-refractivity contribution in [2.24, 2.45) is 11.3 Å². The van der Waals surface area contributed by atoms with Crippen molar-refractivity contribution in [1.82, 2.24) is 5.32 Å². The van der Waals surface area contributed by atoms with E-state index in [2.05, 4.69) is 26.1 Å². The molecule has 1 N–H and O–H groups in total. The van der Waals surface area contributed by atoms with E-state index in [4.69, 9.17) is 4.74 Å². The van der Waals surface area contributed by atoms with Crippen LogP contribution in [0.25, 0.3) is 0 Å². The van der Waals surface area contributed by atoms with Crippen molar-refractivity contribution in [2.75, 3.05) is 6.61 Å². The first-order chi connectivity index (χ1) is 8.02. The Morgan fingerprint density at radius 2 is 2.18 bits per heavy atom. The summed E-state index contributed by atoms with van der Waals surface area (Å²) in [6, 6.07) is 0.385. The van der Waals surface area contributed by atoms with Crippen LogP contribution in [-0.4, -0.2) is 24.7 Å². The maximum Gasteiger partial charge on any atom is 0.226 e. The van der Waals surface area contributed by atoms with Crippen molar-refractivity contribution >= 4 is 5.91 Å². The minimum Gasteiger partial charge on any atom is -0.377 e. The standard InChI is InChI=1S/C14H25NO2/c1-4-12-11(6-8-17-12)13(16)15-10-5-7-14(2,3)9-10/h10-12H,4-9H2,1-3H3,(H,15,16). The average molecular weight is 239 g/mol. The van der Waals surface area contributed by atoms with Crippen LogP contribution in [0.15, 0.2) is 0 Å². The van der Waals surface area contributed by atoms with Crippen molar-refractivity contribution in [3.8, 4) is 0 Å². The summed E-state index contributed by atoms with van der Waals surface area (Å²) in [7, 11) is 0. The van der Waals surface area contributed by atoms with E-state index in [0.717, 1.165) is 32.3 Å². The van der Waals surface area contributed by atoms with Gasteiger partial charge in [-0.2, -0.15) is 0 Å². The molecule has 98 valence electrons. The second kappa shape index (κ2) is 4.97. The molecule has 0 aromatic carbocycles. The van der Waals surface area contributed by atoms with Crippen LogP contribution in [0.3, 0.4) is 0 Å². The van der Waals surface area contributed by atoms with Crippen LogP contribution in [0.1, 0.15) is 52.9 Å². The molecule has 1 heterocycles. The molecular weight excluding hydrogens is 214 g/mol. The molecule has 3 unspecified atom stereocenters. The molecule has 17 heavy (non-hydrogen) atoms. The van der Waals surface area contributed by atoms with E-state index in [9.17, 15) is 4.79 Å². The highest BCUT2D eigenvalue weighted by molar-refractivity contribution is 5.79. The summed E-state index contributed by atoms with van der Waals surface area (Å²) in [5, 5.41) is 3.22. The Morgan fingerprint density at radius 1 is 1.41 bits per heavy atom. The molecule has 1 saturated carbocycles. The first-order valence-corrected chi connectivity index (χ1v) is 6.94. The van der Waals surface area contributed by atoms with Crippen molar-refractivity contribution in [3.63, 3.8) is 0 Å². The van der Waals surface area contributed by atoms with Crippen LogP contribution in [0.4, 0.5) is 0 Å². The van der Waals surface area contributed by atoms with Gasteiger partial charge in [0.15, 0.2) is 0 Å². The van der Waals surface area contributed by atoms with Gasteiger partial charge in [-0.15, -0.1) is 0 Å². The Kier molecular flexibility index (Phi) is 3.76. The van der Waals surface area contributed by atoms with Crippen molar-refractivity contribution in [2.45, 2.75) is 65.0 Å². The van der Waals surface area contributed by atoms with Crippen LogP contribution in [-0.2, 0) is 9.53 Å². The Morgan fingerprint density at radius 3 is 2.76 bits per heavy atom. The summed E-state index contributed by atoms with van der Waals surface area (Å²) < 4.78 is 5.58. The average Bonchev–Trinajstić information content (AvgIpc) is 2.84. The number of hydrogen-bond acceptors (Lipinski definition) is 2. The van der Waals surface area contributed by atoms with Gasteiger partial charge in [0.05, 0.1) is 12.0 Å². The predicted molar refractivity (Wildman–Crippen MR) is 67.7 cm³/mol. The Labute approximate surface area is 104 Å². The number of amides is 1. The molecule has 2 rings (SSSR count). The zero-order valence-corrected chi connectivity index (χ0v) is 11.3. The van der Waals surface area contributed by atoms with Gasteiger partial charge in [0.1, 0.15) is 0 Å². The highest BCUT2D eigenvalue weighted by atomic mass is 16.5. The van der Waals surface area contributed by atoms with Crippen LogP contribution >= 0.6 is 0 Å². The summed E-state index contributed by atoms with van der Waals surface area (Å²) >= 11 is 0. The smallest absolute Gasteiger partial charge is 0.226 e. The molecular formula is C14H25NO2. The van der Waals surface area contributed by atoms with Crippen LogP contribution < -0.4 is 5.32 Å². The van der Waals surface area contributed by atoms with Gasteiger partial charge in [0, 0.05) is 12.6 Å². The molecule has 3 atom stereocenters. The molecule has 3 heteroatoms. The molecule has 1 amide bonds. The fourth-order valence-corrected chi connectivity index (χ4v) is 3.22. The fraction of sp³-hybridized carbons (Fsp3) is 0.929. The van der Waals surface area contributed by atoms with Gasteiger partial charge < -0.3 is 10.1 Å². The van der Waals surface area contributed by atoms with E-state index in [1.807, 2.05) is 0 Å². The summed E-state index contributed by atoms with van der Waals surface area (Å²) in [5.41, 5.74) is 0.397. The molecule has 0 spiro atoms. The maximum absolute atomic E-state index is 12.2. The van der Waals surface area contributed by atoms with Crippen LogP contribution in [0, 0.1) is 11.3 Å². The lowest BCUT2D eigenvalue weighted by Crippen LogP contribution is -2.40. The minimum atomic E-state index is 0.0868. The molecule has 0 aromatic rings. The number of ether oxygens (including phenoxy) is 1. The minimum absolute atomic E-state index is 0.0868. The number of carbonyl (C=O) groups is 1. The Balaban J connectivity index is 1.85. The van der Waals surface area contributed by atoms with E-state index in [1.165, 1.54) is 6.42 Å². The molecule has 2 fully saturated rings. The summed E-state index contributed by atoms with van der Waals surface area (Å²) in [4.78, 5) is 12.2. The normalized spacial score (nSPS) is 36.1. The molecule has 0 radical (unpaired) electrons. The van der Waals surface area contributed by atoms with E-state index in [0.29, 0.717) is 11.5 Å². The van der Waals surface area contributed by atoms with Crippen LogP contribution in [0.2, 0.25) is 0 Å². The molecule has 2 aliphatic rings. The topological polar surface area (TPSA) is 38.3 Å². The predicted octanol–water partition coefficient (Wildman–Crippen LogP) is 2.50. The van der Waals surface area contributed by atoms with E-state index < -0.39 is 0 Å². The summed E-state index contributed by atoms with van der Waals surface area (Å²) in [6.45, 7) is 7.40. The Hall–Kier alpha value is -0.570. The van der Waals surface area contributed by atoms with Gasteiger partial charge >= 0.3 is 0 Å². The molecule has 0 bridgehead atoms. The third-order valence-electron chi connectivity index (χ3n) is 4.26. The third-order valence-corrected chi connectivity index (χ3v) is 4.26. The van der Waals surface area contributed by atoms with Gasteiger partial charge in [0.25, 0.3) is 0 Å². The Bertz CT molecular complexity index is 288. The number of nitrogens with one attached hydrogen (secondary N) is 1. The zero-order chi connectivity index (χ0) is 12.5. The van der Waals surface area contributed by atoms with E-state index >= 15 is 0 Å². The fourth-order valence-electron chi connectivity index (χ4n) is 3.22. The second-order valence-corrected chi connectivity index (χ2v) is 6.33. The first-order valence-electron chi connectivity index (χ1n) is 6.94. The largest absolute Gasteiger partial charge is 0.377 e. The highest BCUT2D eigenvalue weighted by Gasteiger charge is 2.36. The van der Waals surface area contributed by atoms with Crippen LogP contribution in [0.5, 0.6) is 0 Å². The SMILES string of the molecule is CCC1OCCC1C(=O)NC1CCC(C)(C)C1. The third kappa shape index (κ3) is 3.01. The summed E-state index contributed by atoms with van der Waals surface area (Å²) in [6.07, 6.45) is 5.43. The molecule has 1 saturated heterocycles. The van der Waals surface area contributed by atoms with Gasteiger partial charge in [-0.3, -0.25) is 4.79 Å². The lowest BCUT2D eigenvalue weighted by molar-refractivity contribution is -0.127. The molecule has 1 aliphatic heterocycles. The quantitative estimate of drug-likeness (QED) is 0.821. The van der Waals surface area contributed by atoms with Gasteiger partial charge in [0.2, 0.25) is 5.91 Å². The van der Waals surface area contributed by atoms with Gasteiger partial charge in [-0.05, 0) is 37.5 Å². The van der Waals surface area contributed by atoms with E-state index in [1.54, 1.807) is 0 Å². The van der Waals surface area contributed by atoms with Gasteiger partial charge in [-0.1, -0.05) is 20.8 Å². The van der Waals surface area contributed by atoms with Crippen molar-refractivity contribution in [1.29, 1.82) is 0 Å². The zero-order valence-electron chi connectivity index (χ0n) is 11.3. The molecule has 1 aliphatic carbocycles. The monoisotopic (exact) mass is 239 g/mol. The number of hydrogen-bond donors (Lipinski definition) is 1. The first kappa shape index (κ1) is 12.9. The van der Waals surface area contributed by atoms with Gasteiger partial charge in [-0.25, -0.2) is 0 Å². The number of carbonyl (C=O) groups excluding carboxylic acids is 1. The highest BCUT2D eigenvalue weighted by Crippen LogP contribution is 2.37. The number of rotatable bonds is 3. The maximum atomic E-state index is 12.2. The van der Waals surface area contributed by atoms with Crippen molar-refractivity contribution < 1.29 is 9.53 Å².